The van der Waals surface area contributed by atoms with Crippen molar-refractivity contribution in [2.75, 3.05) is 5.32 Å². The molecule has 1 aromatic heterocycles. The number of nitrogens with zero attached hydrogens (tertiary/aromatic N) is 1. The number of aryl methyl sites for hydroxylation is 1. The second-order valence-electron chi connectivity index (χ2n) is 4.69. The molecule has 1 amide bonds. The van der Waals surface area contributed by atoms with E-state index < -0.39 is 0 Å². The predicted molar refractivity (Wildman–Crippen MR) is 81.1 cm³/mol. The molecule has 0 atom stereocenters. The van der Waals surface area contributed by atoms with Crippen molar-refractivity contribution in [2.24, 2.45) is 0 Å². The SMILES string of the molecule is Cc1cc(C(=O)Nc2ccccc2-c2ccccc2)no1. The predicted octanol–water partition coefficient (Wildman–Crippen LogP) is 3.90. The Morgan fingerprint density at radius 3 is 2.48 bits per heavy atom. The summed E-state index contributed by atoms with van der Waals surface area (Å²) in [5, 5.41) is 6.60. The molecule has 0 spiro atoms. The van der Waals surface area contributed by atoms with Gasteiger partial charge in [0, 0.05) is 17.3 Å². The normalized spacial score (nSPS) is 10.3. The average Bonchev–Trinajstić information content (AvgIpc) is 2.95. The largest absolute Gasteiger partial charge is 0.361 e. The number of nitrogens with one attached hydrogen (secondary N) is 1. The number of carbonyl (C=O) groups is 1. The summed E-state index contributed by atoms with van der Waals surface area (Å²) in [6, 6.07) is 19.2. The second kappa shape index (κ2) is 5.63. The van der Waals surface area contributed by atoms with Crippen LogP contribution in [0.2, 0.25) is 0 Å². The van der Waals surface area contributed by atoms with E-state index in [1.165, 1.54) is 0 Å². The molecule has 4 nitrogen and oxygen atoms in total. The van der Waals surface area contributed by atoms with Crippen LogP contribution in [0.1, 0.15) is 16.2 Å². The molecular formula is C17H14N2O2. The lowest BCUT2D eigenvalue weighted by Gasteiger charge is -2.10. The second-order valence-corrected chi connectivity index (χ2v) is 4.69. The molecule has 3 rings (SSSR count). The van der Waals surface area contributed by atoms with Crippen molar-refractivity contribution >= 4 is 11.6 Å². The van der Waals surface area contributed by atoms with Crippen LogP contribution >= 0.6 is 0 Å². The van der Waals surface area contributed by atoms with Gasteiger partial charge < -0.3 is 9.84 Å². The third kappa shape index (κ3) is 2.84. The summed E-state index contributed by atoms with van der Waals surface area (Å²) in [4.78, 5) is 12.2. The zero-order chi connectivity index (χ0) is 14.7. The Morgan fingerprint density at radius 2 is 1.76 bits per heavy atom. The van der Waals surface area contributed by atoms with Crippen molar-refractivity contribution in [3.8, 4) is 11.1 Å². The fraction of sp³-hybridized carbons (Fsp3) is 0.0588. The monoisotopic (exact) mass is 278 g/mol. The van der Waals surface area contributed by atoms with E-state index in [1.807, 2.05) is 54.6 Å². The standard InChI is InChI=1S/C17H14N2O2/c1-12-11-16(19-21-12)17(20)18-15-10-6-5-9-14(15)13-7-3-2-4-8-13/h2-11H,1H3,(H,18,20). The molecule has 3 aromatic rings. The van der Waals surface area contributed by atoms with Crippen molar-refractivity contribution in [1.29, 1.82) is 0 Å². The molecule has 2 aromatic carbocycles. The molecule has 0 unspecified atom stereocenters. The summed E-state index contributed by atoms with van der Waals surface area (Å²) < 4.78 is 4.93. The van der Waals surface area contributed by atoms with Crippen LogP contribution in [-0.2, 0) is 0 Å². The highest BCUT2D eigenvalue weighted by Crippen LogP contribution is 2.27. The topological polar surface area (TPSA) is 55.1 Å². The maximum atomic E-state index is 12.2. The third-order valence-corrected chi connectivity index (χ3v) is 3.12. The number of benzene rings is 2. The van der Waals surface area contributed by atoms with Crippen molar-refractivity contribution in [2.45, 2.75) is 6.92 Å². The molecule has 0 radical (unpaired) electrons. The molecule has 4 heteroatoms. The Morgan fingerprint density at radius 1 is 1.05 bits per heavy atom. The summed E-state index contributed by atoms with van der Waals surface area (Å²) in [5.74, 6) is 0.326. The van der Waals surface area contributed by atoms with Crippen molar-refractivity contribution in [1.82, 2.24) is 5.16 Å². The third-order valence-electron chi connectivity index (χ3n) is 3.12. The van der Waals surface area contributed by atoms with Crippen molar-refractivity contribution in [3.63, 3.8) is 0 Å². The number of para-hydroxylation sites is 1. The van der Waals surface area contributed by atoms with Crippen LogP contribution in [-0.4, -0.2) is 11.1 Å². The zero-order valence-corrected chi connectivity index (χ0v) is 11.5. The maximum absolute atomic E-state index is 12.2. The summed E-state index contributed by atoms with van der Waals surface area (Å²) in [5.41, 5.74) is 3.03. The van der Waals surface area contributed by atoms with Gasteiger partial charge in [-0.3, -0.25) is 4.79 Å². The fourth-order valence-electron chi connectivity index (χ4n) is 2.12. The highest BCUT2D eigenvalue weighted by Gasteiger charge is 2.13. The smallest absolute Gasteiger partial charge is 0.277 e. The minimum absolute atomic E-state index is 0.273. The molecule has 0 fully saturated rings. The van der Waals surface area contributed by atoms with Crippen LogP contribution < -0.4 is 5.32 Å². The first-order valence-corrected chi connectivity index (χ1v) is 6.63. The molecular weight excluding hydrogens is 264 g/mol. The lowest BCUT2D eigenvalue weighted by molar-refractivity contribution is 0.101. The Bertz CT molecular complexity index is 763. The minimum atomic E-state index is -0.282. The molecule has 0 saturated heterocycles. The van der Waals surface area contributed by atoms with Gasteiger partial charge in [-0.15, -0.1) is 0 Å². The van der Waals surface area contributed by atoms with Crippen LogP contribution in [0.3, 0.4) is 0 Å². The van der Waals surface area contributed by atoms with E-state index >= 15 is 0 Å². The number of carbonyl (C=O) groups excluding carboxylic acids is 1. The van der Waals surface area contributed by atoms with Crippen molar-refractivity contribution < 1.29 is 9.32 Å². The molecule has 21 heavy (non-hydrogen) atoms. The Labute approximate surface area is 122 Å². The molecule has 0 bridgehead atoms. The summed E-state index contributed by atoms with van der Waals surface area (Å²) in [7, 11) is 0. The first kappa shape index (κ1) is 13.1. The van der Waals surface area contributed by atoms with Crippen molar-refractivity contribution in [3.05, 3.63) is 72.1 Å². The number of anilines is 1. The zero-order valence-electron chi connectivity index (χ0n) is 11.5. The van der Waals surface area contributed by atoms with Gasteiger partial charge >= 0.3 is 0 Å². The number of hydrogen-bond donors (Lipinski definition) is 1. The van der Waals surface area contributed by atoms with Gasteiger partial charge in [-0.2, -0.15) is 0 Å². The lowest BCUT2D eigenvalue weighted by atomic mass is 10.0. The van der Waals surface area contributed by atoms with Crippen LogP contribution in [0, 0.1) is 6.92 Å². The van der Waals surface area contributed by atoms with Crippen LogP contribution in [0.25, 0.3) is 11.1 Å². The van der Waals surface area contributed by atoms with Gasteiger partial charge in [-0.25, -0.2) is 0 Å². The minimum Gasteiger partial charge on any atom is -0.361 e. The van der Waals surface area contributed by atoms with E-state index in [4.69, 9.17) is 4.52 Å². The van der Waals surface area contributed by atoms with E-state index in [9.17, 15) is 4.79 Å². The Kier molecular flexibility index (Phi) is 3.51. The van der Waals surface area contributed by atoms with Gasteiger partial charge in [0.2, 0.25) is 0 Å². The van der Waals surface area contributed by atoms with E-state index in [2.05, 4.69) is 10.5 Å². The lowest BCUT2D eigenvalue weighted by Crippen LogP contribution is -2.12. The highest BCUT2D eigenvalue weighted by molar-refractivity contribution is 6.05. The van der Waals surface area contributed by atoms with E-state index in [-0.39, 0.29) is 11.6 Å². The molecule has 1 N–H and O–H groups in total. The molecule has 0 aliphatic rings. The molecule has 0 aliphatic carbocycles. The first-order chi connectivity index (χ1) is 10.2. The van der Waals surface area contributed by atoms with Gasteiger partial charge in [0.15, 0.2) is 5.69 Å². The number of aromatic nitrogens is 1. The van der Waals surface area contributed by atoms with Crippen LogP contribution in [0.5, 0.6) is 0 Å². The number of amides is 1. The van der Waals surface area contributed by atoms with Crippen LogP contribution in [0.4, 0.5) is 5.69 Å². The van der Waals surface area contributed by atoms with Gasteiger partial charge in [0.25, 0.3) is 5.91 Å². The van der Waals surface area contributed by atoms with Gasteiger partial charge in [0.05, 0.1) is 0 Å². The van der Waals surface area contributed by atoms with E-state index in [0.29, 0.717) is 5.76 Å². The molecule has 0 aliphatic heterocycles. The number of hydrogen-bond acceptors (Lipinski definition) is 3. The summed E-state index contributed by atoms with van der Waals surface area (Å²) >= 11 is 0. The molecule has 104 valence electrons. The van der Waals surface area contributed by atoms with Gasteiger partial charge in [-0.05, 0) is 18.6 Å². The Hall–Kier alpha value is -2.88. The first-order valence-electron chi connectivity index (χ1n) is 6.63. The molecule has 1 heterocycles. The summed E-state index contributed by atoms with van der Waals surface area (Å²) in [6.45, 7) is 1.75. The van der Waals surface area contributed by atoms with Crippen LogP contribution in [0.15, 0.2) is 65.2 Å². The Balaban J connectivity index is 1.91. The maximum Gasteiger partial charge on any atom is 0.277 e. The molecule has 0 saturated carbocycles. The average molecular weight is 278 g/mol. The van der Waals surface area contributed by atoms with Gasteiger partial charge in [0.1, 0.15) is 5.76 Å². The quantitative estimate of drug-likeness (QED) is 0.790. The van der Waals surface area contributed by atoms with E-state index in [0.717, 1.165) is 16.8 Å². The van der Waals surface area contributed by atoms with Gasteiger partial charge in [-0.1, -0.05) is 53.7 Å². The highest BCUT2D eigenvalue weighted by atomic mass is 16.5. The fourth-order valence-corrected chi connectivity index (χ4v) is 2.12. The summed E-state index contributed by atoms with van der Waals surface area (Å²) in [6.07, 6.45) is 0. The van der Waals surface area contributed by atoms with E-state index in [1.54, 1.807) is 13.0 Å². The number of rotatable bonds is 3.